The van der Waals surface area contributed by atoms with E-state index in [0.717, 1.165) is 35.7 Å². The molecule has 4 fully saturated rings. The van der Waals surface area contributed by atoms with Crippen LogP contribution in [0.5, 0.6) is 0 Å². The van der Waals surface area contributed by atoms with Gasteiger partial charge in [-0.3, -0.25) is 9.48 Å². The number of nitrogens with zero attached hydrogens (tertiary/aromatic N) is 3. The van der Waals surface area contributed by atoms with Gasteiger partial charge in [-0.25, -0.2) is 0 Å². The van der Waals surface area contributed by atoms with Gasteiger partial charge in [-0.05, 0) is 68.3 Å². The third kappa shape index (κ3) is 3.28. The number of piperidine rings is 3. The molecule has 26 heavy (non-hydrogen) atoms. The van der Waals surface area contributed by atoms with Gasteiger partial charge in [0.15, 0.2) is 0 Å². The van der Waals surface area contributed by atoms with Crippen molar-refractivity contribution in [3.05, 3.63) is 42.2 Å². The van der Waals surface area contributed by atoms with Gasteiger partial charge in [0.1, 0.15) is 0 Å². The van der Waals surface area contributed by atoms with Crippen LogP contribution < -0.4 is 5.32 Å². The maximum absolute atomic E-state index is 12.8. The molecule has 1 atom stereocenters. The SMILES string of the molecule is O=C(N[C@@H]1CN2CCC1CC2)c1cccc(-c2cnn(CC3CC3)c2)c1. The van der Waals surface area contributed by atoms with E-state index in [1.807, 2.05) is 29.1 Å². The fourth-order valence-corrected chi connectivity index (χ4v) is 4.40. The van der Waals surface area contributed by atoms with Crippen LogP contribution in [0.25, 0.3) is 11.1 Å². The number of benzene rings is 1. The molecule has 1 saturated carbocycles. The van der Waals surface area contributed by atoms with Crippen LogP contribution in [0.1, 0.15) is 36.0 Å². The summed E-state index contributed by atoms with van der Waals surface area (Å²) in [7, 11) is 0. The van der Waals surface area contributed by atoms with Crippen molar-refractivity contribution in [2.24, 2.45) is 11.8 Å². The predicted molar refractivity (Wildman–Crippen MR) is 101 cm³/mol. The van der Waals surface area contributed by atoms with Crippen LogP contribution in [0.3, 0.4) is 0 Å². The molecule has 1 aromatic heterocycles. The van der Waals surface area contributed by atoms with Gasteiger partial charge in [0.2, 0.25) is 0 Å². The third-order valence-electron chi connectivity index (χ3n) is 6.21. The average Bonchev–Trinajstić information content (AvgIpc) is 3.37. The molecular weight excluding hydrogens is 324 g/mol. The summed E-state index contributed by atoms with van der Waals surface area (Å²) in [5.41, 5.74) is 2.89. The van der Waals surface area contributed by atoms with E-state index in [1.54, 1.807) is 0 Å². The fraction of sp³-hybridized carbons (Fsp3) is 0.524. The summed E-state index contributed by atoms with van der Waals surface area (Å²) >= 11 is 0. The summed E-state index contributed by atoms with van der Waals surface area (Å²) in [6.45, 7) is 4.40. The molecule has 3 saturated heterocycles. The molecule has 6 rings (SSSR count). The number of rotatable bonds is 5. The van der Waals surface area contributed by atoms with Crippen LogP contribution in [-0.4, -0.2) is 46.3 Å². The summed E-state index contributed by atoms with van der Waals surface area (Å²) in [5, 5.41) is 7.76. The van der Waals surface area contributed by atoms with Crippen molar-refractivity contribution in [2.45, 2.75) is 38.3 Å². The Morgan fingerprint density at radius 1 is 1.15 bits per heavy atom. The summed E-state index contributed by atoms with van der Waals surface area (Å²) in [6.07, 6.45) is 9.08. The Kier molecular flexibility index (Phi) is 4.04. The first-order chi connectivity index (χ1) is 12.7. The fourth-order valence-electron chi connectivity index (χ4n) is 4.40. The number of hydrogen-bond acceptors (Lipinski definition) is 3. The minimum atomic E-state index is 0.0518. The van der Waals surface area contributed by atoms with Gasteiger partial charge in [0.25, 0.3) is 5.91 Å². The van der Waals surface area contributed by atoms with Crippen LogP contribution in [0, 0.1) is 11.8 Å². The van der Waals surface area contributed by atoms with Gasteiger partial charge < -0.3 is 10.2 Å². The highest BCUT2D eigenvalue weighted by Crippen LogP contribution is 2.31. The van der Waals surface area contributed by atoms with E-state index in [1.165, 1.54) is 38.8 Å². The van der Waals surface area contributed by atoms with E-state index in [4.69, 9.17) is 0 Å². The number of fused-ring (bicyclic) bond motifs is 3. The zero-order chi connectivity index (χ0) is 17.5. The second-order valence-electron chi connectivity index (χ2n) is 8.19. The summed E-state index contributed by atoms with van der Waals surface area (Å²) in [5.74, 6) is 1.50. The first-order valence-corrected chi connectivity index (χ1v) is 9.91. The van der Waals surface area contributed by atoms with E-state index in [-0.39, 0.29) is 5.91 Å². The molecule has 5 nitrogen and oxygen atoms in total. The number of carbonyl (C=O) groups is 1. The summed E-state index contributed by atoms with van der Waals surface area (Å²) in [4.78, 5) is 15.2. The van der Waals surface area contributed by atoms with Gasteiger partial charge in [-0.1, -0.05) is 12.1 Å². The molecule has 0 unspecified atom stereocenters. The second kappa shape index (κ2) is 6.54. The number of nitrogens with one attached hydrogen (secondary N) is 1. The lowest BCUT2D eigenvalue weighted by atomic mass is 9.84. The quantitative estimate of drug-likeness (QED) is 0.902. The maximum atomic E-state index is 12.8. The van der Waals surface area contributed by atoms with Crippen molar-refractivity contribution in [3.63, 3.8) is 0 Å². The minimum absolute atomic E-state index is 0.0518. The normalized spacial score (nSPS) is 27.5. The monoisotopic (exact) mass is 350 g/mol. The Balaban J connectivity index is 1.29. The van der Waals surface area contributed by atoms with Gasteiger partial charge in [0.05, 0.1) is 6.20 Å². The Morgan fingerprint density at radius 3 is 2.73 bits per heavy atom. The van der Waals surface area contributed by atoms with E-state index >= 15 is 0 Å². The molecule has 136 valence electrons. The van der Waals surface area contributed by atoms with Crippen LogP contribution in [0.2, 0.25) is 0 Å². The van der Waals surface area contributed by atoms with E-state index < -0.39 is 0 Å². The Labute approximate surface area is 154 Å². The van der Waals surface area contributed by atoms with Crippen LogP contribution in [-0.2, 0) is 6.54 Å². The highest BCUT2D eigenvalue weighted by molar-refractivity contribution is 5.95. The molecule has 2 aromatic rings. The molecule has 4 aliphatic rings. The van der Waals surface area contributed by atoms with Crippen LogP contribution >= 0.6 is 0 Å². The highest BCUT2D eigenvalue weighted by atomic mass is 16.1. The molecule has 1 aromatic carbocycles. The molecule has 1 aliphatic carbocycles. The molecule has 5 heteroatoms. The third-order valence-corrected chi connectivity index (χ3v) is 6.21. The lowest BCUT2D eigenvalue weighted by Crippen LogP contribution is -2.57. The van der Waals surface area contributed by atoms with Crippen LogP contribution in [0.15, 0.2) is 36.7 Å². The smallest absolute Gasteiger partial charge is 0.251 e. The molecule has 0 radical (unpaired) electrons. The van der Waals surface area contributed by atoms with Crippen molar-refractivity contribution in [2.75, 3.05) is 19.6 Å². The molecular formula is C21H26N4O. The summed E-state index contributed by atoms with van der Waals surface area (Å²) < 4.78 is 2.03. The van der Waals surface area contributed by atoms with E-state index in [9.17, 15) is 4.79 Å². The van der Waals surface area contributed by atoms with Crippen molar-refractivity contribution >= 4 is 5.91 Å². The molecule has 0 spiro atoms. The lowest BCUT2D eigenvalue weighted by Gasteiger charge is -2.44. The number of carbonyl (C=O) groups excluding carboxylic acids is 1. The number of hydrogen-bond donors (Lipinski definition) is 1. The molecule has 4 heterocycles. The topological polar surface area (TPSA) is 50.2 Å². The van der Waals surface area contributed by atoms with E-state index in [2.05, 4.69) is 27.6 Å². The first-order valence-electron chi connectivity index (χ1n) is 9.91. The first kappa shape index (κ1) is 16.1. The van der Waals surface area contributed by atoms with Crippen LogP contribution in [0.4, 0.5) is 0 Å². The van der Waals surface area contributed by atoms with Crippen molar-refractivity contribution < 1.29 is 4.79 Å². The lowest BCUT2D eigenvalue weighted by molar-refractivity contribution is 0.0620. The molecule has 1 amide bonds. The van der Waals surface area contributed by atoms with Gasteiger partial charge in [-0.15, -0.1) is 0 Å². The zero-order valence-electron chi connectivity index (χ0n) is 15.1. The van der Waals surface area contributed by atoms with Crippen molar-refractivity contribution in [3.8, 4) is 11.1 Å². The van der Waals surface area contributed by atoms with Gasteiger partial charge in [0, 0.05) is 36.5 Å². The molecule has 2 bridgehead atoms. The Morgan fingerprint density at radius 2 is 2.00 bits per heavy atom. The standard InChI is InChI=1S/C21H26N4O/c26-21(23-20-14-24-8-6-16(20)7-9-24)18-3-1-2-17(10-18)19-11-22-25(13-19)12-15-4-5-15/h1-3,10-11,13,15-16,20H,4-9,12,14H2,(H,23,26)/t20-/m1/s1. The second-order valence-corrected chi connectivity index (χ2v) is 8.19. The average molecular weight is 350 g/mol. The molecule has 3 aliphatic heterocycles. The Bertz CT molecular complexity index is 802. The van der Waals surface area contributed by atoms with Gasteiger partial charge >= 0.3 is 0 Å². The summed E-state index contributed by atoms with van der Waals surface area (Å²) in [6, 6.07) is 8.24. The minimum Gasteiger partial charge on any atom is -0.348 e. The number of amides is 1. The maximum Gasteiger partial charge on any atom is 0.251 e. The predicted octanol–water partition coefficient (Wildman–Crippen LogP) is 2.78. The zero-order valence-corrected chi connectivity index (χ0v) is 15.1. The van der Waals surface area contributed by atoms with Crippen molar-refractivity contribution in [1.82, 2.24) is 20.0 Å². The van der Waals surface area contributed by atoms with E-state index in [0.29, 0.717) is 12.0 Å². The largest absolute Gasteiger partial charge is 0.348 e. The highest BCUT2D eigenvalue weighted by Gasteiger charge is 2.34. The number of aromatic nitrogens is 2. The molecule has 1 N–H and O–H groups in total. The Hall–Kier alpha value is -2.14. The van der Waals surface area contributed by atoms with Crippen molar-refractivity contribution in [1.29, 1.82) is 0 Å². The van der Waals surface area contributed by atoms with Gasteiger partial charge in [-0.2, -0.15) is 5.10 Å².